The molecule has 192 valence electrons. The maximum Gasteiger partial charge on any atom is 0.306 e. The molecule has 0 aromatic carbocycles. The van der Waals surface area contributed by atoms with Gasteiger partial charge in [0.25, 0.3) is 0 Å². The SMILES string of the molecule is CCOC(=O)C[C@H]1C[C@H]2C[C@@H](/C1=N/OC)C2(C)C.CCOC(=O)C[C@H]1C[C@H]2C[C@@H](C1=O)C2(C)C. The highest BCUT2D eigenvalue weighted by Crippen LogP contribution is 2.60. The van der Waals surface area contributed by atoms with Crippen molar-refractivity contribution in [3.05, 3.63) is 0 Å². The van der Waals surface area contributed by atoms with Crippen LogP contribution in [0.25, 0.3) is 0 Å². The molecule has 4 bridgehead atoms. The maximum atomic E-state index is 12.1. The average molecular weight is 478 g/mol. The van der Waals surface area contributed by atoms with Crippen LogP contribution in [0.2, 0.25) is 0 Å². The number of hydrogen-bond acceptors (Lipinski definition) is 7. The smallest absolute Gasteiger partial charge is 0.306 e. The van der Waals surface area contributed by atoms with E-state index in [1.807, 2.05) is 6.92 Å². The first-order valence-electron chi connectivity index (χ1n) is 12.9. The molecule has 6 atom stereocenters. The number of ketones is 1. The molecular formula is C27H43NO6. The number of carbonyl (C=O) groups excluding carboxylic acids is 3. The van der Waals surface area contributed by atoms with Crippen LogP contribution in [-0.2, 0) is 28.7 Å². The number of ether oxygens (including phenoxy) is 2. The standard InChI is InChI=1S/C14H23NO3.C13H20O3/c1-5-18-12(16)7-9-6-10-8-11(14(10,2)3)13(9)15-17-4;1-4-16-11(14)6-8-5-9-7-10(12(8)15)13(9,2)3/h9-11H,5-8H2,1-4H3;8-10H,4-7H2,1-3H3/b15-13+;/t9-,10+,11+;8-,9+,10+/m11/s1. The van der Waals surface area contributed by atoms with Gasteiger partial charge in [-0.05, 0) is 62.2 Å². The van der Waals surface area contributed by atoms with Crippen molar-refractivity contribution in [3.8, 4) is 0 Å². The molecule has 0 saturated heterocycles. The Hall–Kier alpha value is -1.92. The van der Waals surface area contributed by atoms with Crippen molar-refractivity contribution >= 4 is 23.4 Å². The molecule has 7 nitrogen and oxygen atoms in total. The molecule has 0 unspecified atom stereocenters. The van der Waals surface area contributed by atoms with Gasteiger partial charge in [0.15, 0.2) is 0 Å². The average Bonchev–Trinajstić information content (AvgIpc) is 2.76. The Balaban J connectivity index is 0.000000192. The lowest BCUT2D eigenvalue weighted by molar-refractivity contribution is -0.162. The van der Waals surface area contributed by atoms with Gasteiger partial charge in [0, 0.05) is 23.7 Å². The summed E-state index contributed by atoms with van der Waals surface area (Å²) in [7, 11) is 1.58. The first-order chi connectivity index (χ1) is 16.0. The maximum absolute atomic E-state index is 12.1. The Labute approximate surface area is 204 Å². The van der Waals surface area contributed by atoms with Gasteiger partial charge >= 0.3 is 11.9 Å². The normalized spacial score (nSPS) is 35.1. The Morgan fingerprint density at radius 2 is 1.29 bits per heavy atom. The molecule has 6 aliphatic carbocycles. The Bertz CT molecular complexity index is 816. The van der Waals surface area contributed by atoms with E-state index in [4.69, 9.17) is 14.3 Å². The number of esters is 2. The van der Waals surface area contributed by atoms with Crippen molar-refractivity contribution < 1.29 is 28.7 Å². The Morgan fingerprint density at radius 1 is 0.824 bits per heavy atom. The van der Waals surface area contributed by atoms with Gasteiger partial charge in [-0.3, -0.25) is 14.4 Å². The molecule has 0 aliphatic heterocycles. The van der Waals surface area contributed by atoms with E-state index in [0.717, 1.165) is 25.0 Å². The minimum atomic E-state index is -0.222. The van der Waals surface area contributed by atoms with Crippen molar-refractivity contribution in [1.29, 1.82) is 0 Å². The topological polar surface area (TPSA) is 91.3 Å². The fourth-order valence-corrected chi connectivity index (χ4v) is 6.77. The van der Waals surface area contributed by atoms with Crippen LogP contribution in [0.4, 0.5) is 0 Å². The van der Waals surface area contributed by atoms with Gasteiger partial charge in [-0.15, -0.1) is 0 Å². The van der Waals surface area contributed by atoms with Gasteiger partial charge < -0.3 is 14.3 Å². The van der Waals surface area contributed by atoms with Crippen molar-refractivity contribution in [2.24, 2.45) is 51.5 Å². The summed E-state index contributed by atoms with van der Waals surface area (Å²) in [6.07, 6.45) is 4.86. The summed E-state index contributed by atoms with van der Waals surface area (Å²) in [6, 6.07) is 0. The van der Waals surface area contributed by atoms with Gasteiger partial charge in [-0.1, -0.05) is 32.9 Å². The number of rotatable bonds is 7. The van der Waals surface area contributed by atoms with Crippen molar-refractivity contribution in [3.63, 3.8) is 0 Å². The molecule has 7 heteroatoms. The van der Waals surface area contributed by atoms with Crippen molar-refractivity contribution in [1.82, 2.24) is 0 Å². The molecular weight excluding hydrogens is 434 g/mol. The molecule has 34 heavy (non-hydrogen) atoms. The van der Waals surface area contributed by atoms with Crippen LogP contribution >= 0.6 is 0 Å². The summed E-state index contributed by atoms with van der Waals surface area (Å²) in [5.74, 6) is 2.07. The summed E-state index contributed by atoms with van der Waals surface area (Å²) in [5, 5.41) is 4.20. The predicted molar refractivity (Wildman–Crippen MR) is 129 cm³/mol. The molecule has 0 N–H and O–H groups in total. The van der Waals surface area contributed by atoms with Crippen LogP contribution in [0.3, 0.4) is 0 Å². The first-order valence-corrected chi connectivity index (χ1v) is 12.9. The molecule has 0 aromatic heterocycles. The van der Waals surface area contributed by atoms with Crippen molar-refractivity contribution in [2.45, 2.75) is 80.1 Å². The predicted octanol–water partition coefficient (Wildman–Crippen LogP) is 4.82. The highest BCUT2D eigenvalue weighted by Gasteiger charge is 2.58. The first kappa shape index (κ1) is 26.7. The third kappa shape index (κ3) is 5.03. The molecule has 0 spiro atoms. The van der Waals surface area contributed by atoms with E-state index >= 15 is 0 Å². The highest BCUT2D eigenvalue weighted by molar-refractivity contribution is 5.94. The zero-order chi connectivity index (χ0) is 25.3. The highest BCUT2D eigenvalue weighted by atomic mass is 16.6. The van der Waals surface area contributed by atoms with Gasteiger partial charge in [0.2, 0.25) is 0 Å². The third-order valence-corrected chi connectivity index (χ3v) is 9.23. The molecule has 0 amide bonds. The Morgan fingerprint density at radius 3 is 1.74 bits per heavy atom. The van der Waals surface area contributed by atoms with Gasteiger partial charge in [-0.25, -0.2) is 0 Å². The van der Waals surface area contributed by atoms with E-state index in [1.54, 1.807) is 14.0 Å². The fraction of sp³-hybridized carbons (Fsp3) is 0.852. The van der Waals surface area contributed by atoms with Gasteiger partial charge in [-0.2, -0.15) is 0 Å². The number of fused-ring (bicyclic) bond motifs is 4. The van der Waals surface area contributed by atoms with Crippen molar-refractivity contribution in [2.75, 3.05) is 20.3 Å². The minimum Gasteiger partial charge on any atom is -0.466 e. The van der Waals surface area contributed by atoms with E-state index in [9.17, 15) is 14.4 Å². The Kier molecular flexibility index (Phi) is 8.14. The zero-order valence-corrected chi connectivity index (χ0v) is 22.0. The zero-order valence-electron chi connectivity index (χ0n) is 22.0. The minimum absolute atomic E-state index is 0.0733. The molecule has 6 rings (SSSR count). The van der Waals surface area contributed by atoms with Crippen LogP contribution in [0.15, 0.2) is 5.16 Å². The number of Topliss-reactive ketones (excluding diaryl/α,β-unsaturated/α-hetero) is 1. The van der Waals surface area contributed by atoms with Crippen LogP contribution in [0.5, 0.6) is 0 Å². The molecule has 6 saturated carbocycles. The third-order valence-electron chi connectivity index (χ3n) is 9.23. The number of nitrogens with zero attached hydrogens (tertiary/aromatic N) is 1. The quantitative estimate of drug-likeness (QED) is 0.386. The van der Waals surface area contributed by atoms with E-state index in [1.165, 1.54) is 6.42 Å². The molecule has 6 fully saturated rings. The summed E-state index contributed by atoms with van der Waals surface area (Å²) >= 11 is 0. The second kappa shape index (κ2) is 10.4. The molecule has 6 aliphatic rings. The lowest BCUT2D eigenvalue weighted by Gasteiger charge is -2.58. The van der Waals surface area contributed by atoms with Crippen LogP contribution in [0, 0.1) is 46.3 Å². The van der Waals surface area contributed by atoms with E-state index in [0.29, 0.717) is 48.6 Å². The lowest BCUT2D eigenvalue weighted by atomic mass is 9.46. The van der Waals surface area contributed by atoms with Crippen LogP contribution in [-0.4, -0.2) is 43.8 Å². The monoisotopic (exact) mass is 477 g/mol. The number of hydrogen-bond donors (Lipinski definition) is 0. The number of carbonyl (C=O) groups is 3. The van der Waals surface area contributed by atoms with Gasteiger partial charge in [0.05, 0.1) is 31.8 Å². The fourth-order valence-electron chi connectivity index (χ4n) is 6.77. The van der Waals surface area contributed by atoms with E-state index < -0.39 is 0 Å². The summed E-state index contributed by atoms with van der Waals surface area (Å²) in [6.45, 7) is 13.4. The van der Waals surface area contributed by atoms with E-state index in [-0.39, 0.29) is 41.5 Å². The van der Waals surface area contributed by atoms with Crippen LogP contribution < -0.4 is 0 Å². The second-order valence-electron chi connectivity index (χ2n) is 11.6. The van der Waals surface area contributed by atoms with E-state index in [2.05, 4.69) is 32.9 Å². The summed E-state index contributed by atoms with van der Waals surface area (Å²) in [5.41, 5.74) is 1.54. The van der Waals surface area contributed by atoms with Gasteiger partial charge in [0.1, 0.15) is 12.9 Å². The summed E-state index contributed by atoms with van der Waals surface area (Å²) in [4.78, 5) is 40.1. The number of oxime groups is 1. The van der Waals surface area contributed by atoms with Crippen LogP contribution in [0.1, 0.15) is 80.1 Å². The summed E-state index contributed by atoms with van der Waals surface area (Å²) < 4.78 is 9.94. The molecule has 0 radical (unpaired) electrons. The second-order valence-corrected chi connectivity index (χ2v) is 11.6. The lowest BCUT2D eigenvalue weighted by Crippen LogP contribution is -2.56. The molecule has 0 aromatic rings. The molecule has 0 heterocycles. The largest absolute Gasteiger partial charge is 0.466 e.